The average molecular weight is 312 g/mol. The lowest BCUT2D eigenvalue weighted by Crippen LogP contribution is -2.41. The van der Waals surface area contributed by atoms with Crippen molar-refractivity contribution < 1.29 is 18.4 Å². The molecule has 0 amide bonds. The van der Waals surface area contributed by atoms with Crippen molar-refractivity contribution in [1.82, 2.24) is 0 Å². The van der Waals surface area contributed by atoms with Crippen LogP contribution in [-0.2, 0) is 9.31 Å². The van der Waals surface area contributed by atoms with Gasteiger partial charge in [-0.1, -0.05) is 0 Å². The smallest absolute Gasteiger partial charge is 0.494 e. The summed E-state index contributed by atoms with van der Waals surface area (Å²) in [7, 11) is -0.630. The first-order valence-corrected chi connectivity index (χ1v) is 8.31. The zero-order valence-electron chi connectivity index (χ0n) is 13.5. The highest BCUT2D eigenvalue weighted by Crippen LogP contribution is 2.38. The van der Waals surface area contributed by atoms with Gasteiger partial charge in [-0.25, -0.2) is 4.39 Å². The molecule has 1 saturated heterocycles. The number of hydrogen-bond acceptors (Lipinski definition) is 4. The quantitative estimate of drug-likeness (QED) is 0.630. The third kappa shape index (κ3) is 2.94. The van der Waals surface area contributed by atoms with Crippen molar-refractivity contribution in [2.24, 2.45) is 0 Å². The summed E-state index contributed by atoms with van der Waals surface area (Å²) in [5.74, 6) is 0.331. The standard InChI is InChI=1S/C15H22BFO3S/c1-7-18-11-9-8-10(17)13(21-6)12(11)16-19-14(2,3)15(4,5)20-16/h8-9H,7H2,1-6H3. The maximum Gasteiger partial charge on any atom is 0.499 e. The number of benzene rings is 1. The molecule has 0 atom stereocenters. The van der Waals surface area contributed by atoms with Crippen molar-refractivity contribution in [3.8, 4) is 5.75 Å². The van der Waals surface area contributed by atoms with E-state index in [4.69, 9.17) is 14.0 Å². The van der Waals surface area contributed by atoms with Crippen LogP contribution in [0, 0.1) is 5.82 Å². The molecular formula is C15H22BFO3S. The molecule has 1 aromatic rings. The van der Waals surface area contributed by atoms with Crippen molar-refractivity contribution in [2.45, 2.75) is 50.7 Å². The third-order valence-electron chi connectivity index (χ3n) is 4.10. The van der Waals surface area contributed by atoms with Gasteiger partial charge in [0.15, 0.2) is 0 Å². The zero-order valence-corrected chi connectivity index (χ0v) is 14.3. The van der Waals surface area contributed by atoms with Gasteiger partial charge in [0.05, 0.1) is 17.8 Å². The molecule has 2 rings (SSSR count). The van der Waals surface area contributed by atoms with E-state index in [2.05, 4.69) is 0 Å². The molecule has 0 spiro atoms. The van der Waals surface area contributed by atoms with E-state index in [-0.39, 0.29) is 5.82 Å². The maximum absolute atomic E-state index is 14.1. The van der Waals surface area contributed by atoms with Gasteiger partial charge in [-0.2, -0.15) is 0 Å². The third-order valence-corrected chi connectivity index (χ3v) is 4.92. The van der Waals surface area contributed by atoms with E-state index in [1.54, 1.807) is 6.07 Å². The van der Waals surface area contributed by atoms with Crippen LogP contribution >= 0.6 is 11.8 Å². The first kappa shape index (κ1) is 16.7. The molecule has 1 fully saturated rings. The van der Waals surface area contributed by atoms with Gasteiger partial charge < -0.3 is 14.0 Å². The second-order valence-electron chi connectivity index (χ2n) is 6.01. The fourth-order valence-electron chi connectivity index (χ4n) is 2.23. The maximum atomic E-state index is 14.1. The predicted octanol–water partition coefficient (Wildman–Crippen LogP) is 3.25. The molecule has 3 nitrogen and oxygen atoms in total. The van der Waals surface area contributed by atoms with E-state index in [1.807, 2.05) is 40.9 Å². The number of rotatable bonds is 4. The van der Waals surface area contributed by atoms with Crippen LogP contribution in [0.15, 0.2) is 17.0 Å². The highest BCUT2D eigenvalue weighted by atomic mass is 32.2. The minimum atomic E-state index is -0.630. The first-order valence-electron chi connectivity index (χ1n) is 7.08. The van der Waals surface area contributed by atoms with Gasteiger partial charge in [-0.3, -0.25) is 0 Å². The number of hydrogen-bond donors (Lipinski definition) is 0. The van der Waals surface area contributed by atoms with E-state index < -0.39 is 18.3 Å². The Labute approximate surface area is 130 Å². The summed E-state index contributed by atoms with van der Waals surface area (Å²) in [6.07, 6.45) is 1.84. The highest BCUT2D eigenvalue weighted by molar-refractivity contribution is 7.98. The van der Waals surface area contributed by atoms with E-state index in [0.717, 1.165) is 0 Å². The topological polar surface area (TPSA) is 27.7 Å². The Morgan fingerprint density at radius 1 is 1.19 bits per heavy atom. The molecule has 1 heterocycles. The number of halogens is 1. The number of thioether (sulfide) groups is 1. The molecule has 0 bridgehead atoms. The second-order valence-corrected chi connectivity index (χ2v) is 6.83. The summed E-state index contributed by atoms with van der Waals surface area (Å²) < 4.78 is 31.9. The van der Waals surface area contributed by atoms with E-state index in [1.165, 1.54) is 17.8 Å². The first-order chi connectivity index (χ1) is 9.73. The van der Waals surface area contributed by atoms with Crippen LogP contribution in [0.3, 0.4) is 0 Å². The van der Waals surface area contributed by atoms with E-state index in [0.29, 0.717) is 22.7 Å². The molecule has 1 aromatic carbocycles. The van der Waals surface area contributed by atoms with Gasteiger partial charge in [-0.05, 0) is 53.0 Å². The van der Waals surface area contributed by atoms with E-state index in [9.17, 15) is 4.39 Å². The van der Waals surface area contributed by atoms with Gasteiger partial charge in [0, 0.05) is 10.4 Å². The Kier molecular flexibility index (Phi) is 4.61. The monoisotopic (exact) mass is 312 g/mol. The predicted molar refractivity (Wildman–Crippen MR) is 85.1 cm³/mol. The molecule has 0 aromatic heterocycles. The lowest BCUT2D eigenvalue weighted by molar-refractivity contribution is 0.00578. The fraction of sp³-hybridized carbons (Fsp3) is 0.600. The average Bonchev–Trinajstić information content (AvgIpc) is 2.60. The van der Waals surface area contributed by atoms with Crippen LogP contribution in [0.4, 0.5) is 4.39 Å². The van der Waals surface area contributed by atoms with Gasteiger partial charge in [-0.15, -0.1) is 11.8 Å². The van der Waals surface area contributed by atoms with Gasteiger partial charge in [0.25, 0.3) is 0 Å². The van der Waals surface area contributed by atoms with Crippen molar-refractivity contribution in [1.29, 1.82) is 0 Å². The van der Waals surface area contributed by atoms with Crippen molar-refractivity contribution >= 4 is 24.3 Å². The summed E-state index contributed by atoms with van der Waals surface area (Å²) in [4.78, 5) is 0.513. The molecule has 6 heteroatoms. The normalized spacial score (nSPS) is 19.9. The minimum Gasteiger partial charge on any atom is -0.494 e. The Morgan fingerprint density at radius 3 is 2.24 bits per heavy atom. The molecule has 0 saturated carbocycles. The molecule has 1 aliphatic heterocycles. The van der Waals surface area contributed by atoms with Crippen LogP contribution in [0.25, 0.3) is 0 Å². The molecule has 0 radical (unpaired) electrons. The highest BCUT2D eigenvalue weighted by Gasteiger charge is 2.53. The van der Waals surface area contributed by atoms with Crippen LogP contribution in [-0.4, -0.2) is 31.2 Å². The zero-order chi connectivity index (χ0) is 15.8. The molecule has 116 valence electrons. The Balaban J connectivity index is 2.50. The number of ether oxygens (including phenoxy) is 1. The summed E-state index contributed by atoms with van der Waals surface area (Å²) >= 11 is 1.33. The molecular weight excluding hydrogens is 290 g/mol. The molecule has 0 aliphatic carbocycles. The second kappa shape index (κ2) is 5.82. The van der Waals surface area contributed by atoms with Crippen LogP contribution in [0.5, 0.6) is 5.75 Å². The van der Waals surface area contributed by atoms with Crippen LogP contribution < -0.4 is 10.2 Å². The molecule has 21 heavy (non-hydrogen) atoms. The summed E-state index contributed by atoms with van der Waals surface area (Å²) in [6.45, 7) is 10.3. The SMILES string of the molecule is CCOc1ccc(F)c(SC)c1B1OC(C)(C)C(C)(C)O1. The Hall–Kier alpha value is -0.715. The van der Waals surface area contributed by atoms with E-state index >= 15 is 0 Å². The summed E-state index contributed by atoms with van der Waals surface area (Å²) in [5, 5.41) is 0. The lowest BCUT2D eigenvalue weighted by atomic mass is 9.78. The lowest BCUT2D eigenvalue weighted by Gasteiger charge is -2.32. The van der Waals surface area contributed by atoms with Gasteiger partial charge in [0.1, 0.15) is 11.6 Å². The van der Waals surface area contributed by atoms with Crippen LogP contribution in [0.2, 0.25) is 0 Å². The minimum absolute atomic E-state index is 0.282. The van der Waals surface area contributed by atoms with Gasteiger partial charge >= 0.3 is 7.12 Å². The molecule has 0 unspecified atom stereocenters. The van der Waals surface area contributed by atoms with Crippen molar-refractivity contribution in [3.05, 3.63) is 17.9 Å². The Bertz CT molecular complexity index is 518. The largest absolute Gasteiger partial charge is 0.499 e. The van der Waals surface area contributed by atoms with Crippen molar-refractivity contribution in [2.75, 3.05) is 12.9 Å². The fourth-order valence-corrected chi connectivity index (χ4v) is 2.91. The Morgan fingerprint density at radius 2 is 1.76 bits per heavy atom. The van der Waals surface area contributed by atoms with Crippen LogP contribution in [0.1, 0.15) is 34.6 Å². The molecule has 0 N–H and O–H groups in total. The molecule has 1 aliphatic rings. The summed E-state index contributed by atoms with van der Waals surface area (Å²) in [5.41, 5.74) is -0.297. The van der Waals surface area contributed by atoms with Crippen molar-refractivity contribution in [3.63, 3.8) is 0 Å². The summed E-state index contributed by atoms with van der Waals surface area (Å²) in [6, 6.07) is 3.06. The van der Waals surface area contributed by atoms with Gasteiger partial charge in [0.2, 0.25) is 0 Å².